The van der Waals surface area contributed by atoms with Gasteiger partial charge in [0.2, 0.25) is 0 Å². The van der Waals surface area contributed by atoms with Crippen LogP contribution >= 0.6 is 11.6 Å². The van der Waals surface area contributed by atoms with Gasteiger partial charge in [-0.1, -0.05) is 53.6 Å². The van der Waals surface area contributed by atoms with E-state index in [1.165, 1.54) is 19.2 Å². The Labute approximate surface area is 182 Å². The highest BCUT2D eigenvalue weighted by molar-refractivity contribution is 7.92. The van der Waals surface area contributed by atoms with E-state index in [4.69, 9.17) is 11.6 Å². The van der Waals surface area contributed by atoms with Crippen LogP contribution in [0.3, 0.4) is 0 Å². The molecule has 0 unspecified atom stereocenters. The first-order chi connectivity index (χ1) is 14.2. The molecule has 0 bridgehead atoms. The van der Waals surface area contributed by atoms with Crippen molar-refractivity contribution in [1.29, 1.82) is 0 Å². The summed E-state index contributed by atoms with van der Waals surface area (Å²) in [5, 5.41) is 0.441. The minimum absolute atomic E-state index is 0.0413. The van der Waals surface area contributed by atoms with E-state index in [0.717, 1.165) is 15.4 Å². The number of anilines is 1. The highest BCUT2D eigenvalue weighted by Gasteiger charge is 2.23. The molecule has 156 valence electrons. The molecule has 0 aliphatic rings. The molecule has 3 rings (SSSR count). The number of carbonyl (C=O) groups is 1. The standard InChI is InChI=1S/C23H23ClN2O3S/c1-17-10-12-18(13-11-17)16-25(2)23(27)19-6-4-9-22(14-19)30(28,29)26(3)21-8-5-7-20(24)15-21/h4-15H,16H2,1-3H3. The Morgan fingerprint density at radius 1 is 0.933 bits per heavy atom. The monoisotopic (exact) mass is 442 g/mol. The molecular formula is C23H23ClN2O3S. The Morgan fingerprint density at radius 3 is 2.27 bits per heavy atom. The summed E-state index contributed by atoms with van der Waals surface area (Å²) in [5.41, 5.74) is 2.90. The molecular weight excluding hydrogens is 420 g/mol. The number of rotatable bonds is 6. The number of carbonyl (C=O) groups excluding carboxylic acids is 1. The highest BCUT2D eigenvalue weighted by Crippen LogP contribution is 2.25. The molecule has 3 aromatic rings. The van der Waals surface area contributed by atoms with Gasteiger partial charge in [0.05, 0.1) is 10.6 Å². The predicted octanol–water partition coefficient (Wildman–Crippen LogP) is 4.75. The maximum absolute atomic E-state index is 13.1. The quantitative estimate of drug-likeness (QED) is 0.553. The number of halogens is 1. The third-order valence-corrected chi connectivity index (χ3v) is 6.81. The Morgan fingerprint density at radius 2 is 1.60 bits per heavy atom. The zero-order valence-electron chi connectivity index (χ0n) is 17.0. The molecule has 0 fully saturated rings. The minimum atomic E-state index is -3.85. The summed E-state index contributed by atoms with van der Waals surface area (Å²) < 4.78 is 27.3. The Bertz CT molecular complexity index is 1160. The molecule has 0 aliphatic heterocycles. The van der Waals surface area contributed by atoms with E-state index in [2.05, 4.69) is 0 Å². The van der Waals surface area contributed by atoms with E-state index in [-0.39, 0.29) is 10.8 Å². The molecule has 0 aromatic heterocycles. The van der Waals surface area contributed by atoms with Crippen LogP contribution in [0.1, 0.15) is 21.5 Å². The second kappa shape index (κ2) is 8.90. The minimum Gasteiger partial charge on any atom is -0.337 e. The maximum Gasteiger partial charge on any atom is 0.264 e. The van der Waals surface area contributed by atoms with Crippen LogP contribution in [0.2, 0.25) is 5.02 Å². The molecule has 0 N–H and O–H groups in total. The zero-order chi connectivity index (χ0) is 21.9. The number of hydrogen-bond donors (Lipinski definition) is 0. The van der Waals surface area contributed by atoms with Crippen LogP contribution in [0.15, 0.2) is 77.7 Å². The Kier molecular flexibility index (Phi) is 6.48. The van der Waals surface area contributed by atoms with Gasteiger partial charge >= 0.3 is 0 Å². The second-order valence-corrected chi connectivity index (χ2v) is 9.53. The lowest BCUT2D eigenvalue weighted by Crippen LogP contribution is -2.28. The van der Waals surface area contributed by atoms with Gasteiger partial charge in [-0.15, -0.1) is 0 Å². The van der Waals surface area contributed by atoms with Gasteiger partial charge in [-0.25, -0.2) is 8.42 Å². The van der Waals surface area contributed by atoms with Gasteiger partial charge in [0.1, 0.15) is 0 Å². The number of sulfonamides is 1. The molecule has 0 saturated carbocycles. The van der Waals surface area contributed by atoms with Crippen molar-refractivity contribution in [3.05, 3.63) is 94.5 Å². The van der Waals surface area contributed by atoms with Crippen molar-refractivity contribution in [2.75, 3.05) is 18.4 Å². The van der Waals surface area contributed by atoms with E-state index in [0.29, 0.717) is 22.8 Å². The van der Waals surface area contributed by atoms with Gasteiger partial charge in [0.15, 0.2) is 0 Å². The summed E-state index contributed by atoms with van der Waals surface area (Å²) in [5.74, 6) is -0.252. The van der Waals surface area contributed by atoms with Crippen molar-refractivity contribution >= 4 is 33.2 Å². The predicted molar refractivity (Wildman–Crippen MR) is 120 cm³/mol. The summed E-state index contributed by atoms with van der Waals surface area (Å²) in [6.45, 7) is 2.43. The average Bonchev–Trinajstić information content (AvgIpc) is 2.74. The number of nitrogens with zero attached hydrogens (tertiary/aromatic N) is 2. The topological polar surface area (TPSA) is 57.7 Å². The summed E-state index contributed by atoms with van der Waals surface area (Å²) in [6, 6.07) is 20.6. The lowest BCUT2D eigenvalue weighted by molar-refractivity contribution is 0.0785. The molecule has 30 heavy (non-hydrogen) atoms. The zero-order valence-corrected chi connectivity index (χ0v) is 18.6. The molecule has 0 radical (unpaired) electrons. The fourth-order valence-corrected chi connectivity index (χ4v) is 4.44. The van der Waals surface area contributed by atoms with Crippen LogP contribution in [0.4, 0.5) is 5.69 Å². The van der Waals surface area contributed by atoms with Crippen LogP contribution in [0.25, 0.3) is 0 Å². The number of benzene rings is 3. The van der Waals surface area contributed by atoms with Gasteiger partial charge in [0, 0.05) is 31.2 Å². The van der Waals surface area contributed by atoms with E-state index in [1.807, 2.05) is 31.2 Å². The van der Waals surface area contributed by atoms with Gasteiger partial charge in [-0.2, -0.15) is 0 Å². The van der Waals surface area contributed by atoms with Crippen LogP contribution in [-0.4, -0.2) is 33.3 Å². The van der Waals surface area contributed by atoms with Gasteiger partial charge < -0.3 is 4.90 Å². The SMILES string of the molecule is Cc1ccc(CN(C)C(=O)c2cccc(S(=O)(=O)N(C)c3cccc(Cl)c3)c2)cc1. The Hall–Kier alpha value is -2.83. The lowest BCUT2D eigenvalue weighted by Gasteiger charge is -2.21. The van der Waals surface area contributed by atoms with Gasteiger partial charge in [0.25, 0.3) is 15.9 Å². The van der Waals surface area contributed by atoms with Crippen LogP contribution in [0, 0.1) is 6.92 Å². The first kappa shape index (κ1) is 21.9. The van der Waals surface area contributed by atoms with E-state index < -0.39 is 10.0 Å². The third kappa shape index (κ3) is 4.83. The normalized spacial score (nSPS) is 11.2. The van der Waals surface area contributed by atoms with Gasteiger partial charge in [-0.05, 0) is 48.9 Å². The summed E-state index contributed by atoms with van der Waals surface area (Å²) >= 11 is 5.99. The smallest absolute Gasteiger partial charge is 0.264 e. The van der Waals surface area contributed by atoms with Crippen LogP contribution < -0.4 is 4.31 Å². The molecule has 1 amide bonds. The van der Waals surface area contributed by atoms with Crippen molar-refractivity contribution in [2.45, 2.75) is 18.4 Å². The Balaban J connectivity index is 1.83. The fourth-order valence-electron chi connectivity index (χ4n) is 3.02. The third-order valence-electron chi connectivity index (χ3n) is 4.80. The largest absolute Gasteiger partial charge is 0.337 e. The molecule has 3 aromatic carbocycles. The first-order valence-corrected chi connectivity index (χ1v) is 11.2. The lowest BCUT2D eigenvalue weighted by atomic mass is 10.1. The van der Waals surface area contributed by atoms with E-state index in [9.17, 15) is 13.2 Å². The molecule has 0 heterocycles. The van der Waals surface area contributed by atoms with Gasteiger partial charge in [-0.3, -0.25) is 9.10 Å². The maximum atomic E-state index is 13.1. The van der Waals surface area contributed by atoms with E-state index in [1.54, 1.807) is 48.3 Å². The molecule has 0 spiro atoms. The number of aryl methyl sites for hydroxylation is 1. The molecule has 7 heteroatoms. The highest BCUT2D eigenvalue weighted by atomic mass is 35.5. The number of hydrogen-bond acceptors (Lipinski definition) is 3. The molecule has 0 aliphatic carbocycles. The van der Waals surface area contributed by atoms with E-state index >= 15 is 0 Å². The van der Waals surface area contributed by atoms with Crippen molar-refractivity contribution in [2.24, 2.45) is 0 Å². The fraction of sp³-hybridized carbons (Fsp3) is 0.174. The van der Waals surface area contributed by atoms with Crippen LogP contribution in [-0.2, 0) is 16.6 Å². The molecule has 0 atom stereocenters. The molecule has 0 saturated heterocycles. The van der Waals surface area contributed by atoms with Crippen molar-refractivity contribution in [3.8, 4) is 0 Å². The average molecular weight is 443 g/mol. The summed E-state index contributed by atoms with van der Waals surface area (Å²) in [4.78, 5) is 14.5. The summed E-state index contributed by atoms with van der Waals surface area (Å²) in [6.07, 6.45) is 0. The molecule has 5 nitrogen and oxygen atoms in total. The van der Waals surface area contributed by atoms with Crippen LogP contribution in [0.5, 0.6) is 0 Å². The summed E-state index contributed by atoms with van der Waals surface area (Å²) in [7, 11) is -0.697. The van der Waals surface area contributed by atoms with Crippen molar-refractivity contribution in [1.82, 2.24) is 4.90 Å². The first-order valence-electron chi connectivity index (χ1n) is 9.34. The van der Waals surface area contributed by atoms with Crippen molar-refractivity contribution < 1.29 is 13.2 Å². The number of amides is 1. The van der Waals surface area contributed by atoms with Crippen molar-refractivity contribution in [3.63, 3.8) is 0 Å². The second-order valence-electron chi connectivity index (χ2n) is 7.13.